The van der Waals surface area contributed by atoms with Gasteiger partial charge in [0, 0.05) is 19.3 Å². The first-order valence-corrected chi connectivity index (χ1v) is 6.48. The first kappa shape index (κ1) is 14.4. The number of unbranched alkanes of at least 4 members (excludes halogenated alkanes) is 1. The third kappa shape index (κ3) is 3.98. The summed E-state index contributed by atoms with van der Waals surface area (Å²) in [5.74, 6) is 0.444. The van der Waals surface area contributed by atoms with Crippen LogP contribution in [0.5, 0.6) is 0 Å². The zero-order valence-electron chi connectivity index (χ0n) is 11.3. The van der Waals surface area contributed by atoms with E-state index in [2.05, 4.69) is 28.7 Å². The topological polar surface area (TPSA) is 55.3 Å². The second-order valence-electron chi connectivity index (χ2n) is 3.89. The lowest BCUT2D eigenvalue weighted by Gasteiger charge is -2.21. The molecule has 0 aliphatic rings. The smallest absolute Gasteiger partial charge is 0.376 e. The maximum absolute atomic E-state index is 11.6. The van der Waals surface area contributed by atoms with E-state index in [-0.39, 0.29) is 5.82 Å². The Morgan fingerprint density at radius 3 is 2.78 bits per heavy atom. The molecule has 18 heavy (non-hydrogen) atoms. The molecule has 0 amide bonds. The summed E-state index contributed by atoms with van der Waals surface area (Å²) in [7, 11) is 0. The number of carbonyl (C=O) groups is 1. The number of carbonyl (C=O) groups excluding carboxylic acids is 1. The Bertz CT molecular complexity index is 382. The van der Waals surface area contributed by atoms with Crippen molar-refractivity contribution in [2.45, 2.75) is 33.6 Å². The molecule has 1 heterocycles. The van der Waals surface area contributed by atoms with Crippen molar-refractivity contribution in [3.63, 3.8) is 0 Å². The molecular formula is C13H21N3O2. The fraction of sp³-hybridized carbons (Fsp3) is 0.615. The van der Waals surface area contributed by atoms with E-state index in [0.29, 0.717) is 6.61 Å². The molecule has 5 nitrogen and oxygen atoms in total. The monoisotopic (exact) mass is 251 g/mol. The lowest BCUT2D eigenvalue weighted by atomic mass is 10.3. The van der Waals surface area contributed by atoms with Gasteiger partial charge in [-0.05, 0) is 26.3 Å². The average Bonchev–Trinajstić information content (AvgIpc) is 2.40. The molecule has 0 unspecified atom stereocenters. The summed E-state index contributed by atoms with van der Waals surface area (Å²) in [6.07, 6.45) is 3.84. The summed E-state index contributed by atoms with van der Waals surface area (Å²) in [5, 5.41) is 0. The number of anilines is 1. The maximum atomic E-state index is 11.6. The number of nitrogens with zero attached hydrogens (tertiary/aromatic N) is 3. The van der Waals surface area contributed by atoms with Crippen LogP contribution in [0.1, 0.15) is 44.2 Å². The van der Waals surface area contributed by atoms with E-state index in [0.717, 1.165) is 31.7 Å². The van der Waals surface area contributed by atoms with Gasteiger partial charge in [-0.25, -0.2) is 14.8 Å². The van der Waals surface area contributed by atoms with Crippen LogP contribution in [0, 0.1) is 0 Å². The second-order valence-corrected chi connectivity index (χ2v) is 3.89. The quantitative estimate of drug-likeness (QED) is 0.696. The summed E-state index contributed by atoms with van der Waals surface area (Å²) in [5.41, 5.74) is 0. The summed E-state index contributed by atoms with van der Waals surface area (Å²) in [6, 6.07) is 1.82. The van der Waals surface area contributed by atoms with Crippen LogP contribution < -0.4 is 4.90 Å². The van der Waals surface area contributed by atoms with Gasteiger partial charge in [-0.2, -0.15) is 0 Å². The van der Waals surface area contributed by atoms with Crippen molar-refractivity contribution in [1.82, 2.24) is 9.97 Å². The Morgan fingerprint density at radius 2 is 2.17 bits per heavy atom. The minimum Gasteiger partial charge on any atom is -0.460 e. The SMILES string of the molecule is CCCCN(CC)c1ccnc(C(=O)OCC)n1. The third-order valence-corrected chi connectivity index (χ3v) is 2.59. The molecule has 0 saturated carbocycles. The van der Waals surface area contributed by atoms with E-state index < -0.39 is 5.97 Å². The number of hydrogen-bond acceptors (Lipinski definition) is 5. The summed E-state index contributed by atoms with van der Waals surface area (Å²) >= 11 is 0. The second kappa shape index (κ2) is 7.63. The van der Waals surface area contributed by atoms with Crippen molar-refractivity contribution in [2.24, 2.45) is 0 Å². The first-order valence-electron chi connectivity index (χ1n) is 6.48. The number of ether oxygens (including phenoxy) is 1. The predicted octanol–water partition coefficient (Wildman–Crippen LogP) is 2.28. The first-order chi connectivity index (χ1) is 8.72. The van der Waals surface area contributed by atoms with Crippen molar-refractivity contribution in [3.05, 3.63) is 18.1 Å². The van der Waals surface area contributed by atoms with Gasteiger partial charge in [0.05, 0.1) is 6.61 Å². The Kier molecular flexibility index (Phi) is 6.11. The van der Waals surface area contributed by atoms with Crippen LogP contribution in [0.2, 0.25) is 0 Å². The Labute approximate surface area is 108 Å². The lowest BCUT2D eigenvalue weighted by molar-refractivity contribution is 0.0512. The summed E-state index contributed by atoms with van der Waals surface area (Å²) in [4.78, 5) is 21.9. The maximum Gasteiger partial charge on any atom is 0.376 e. The van der Waals surface area contributed by atoms with Gasteiger partial charge in [0.1, 0.15) is 5.82 Å². The standard InChI is InChI=1S/C13H21N3O2/c1-4-7-10-16(5-2)11-8-9-14-12(15-11)13(17)18-6-3/h8-9H,4-7,10H2,1-3H3. The lowest BCUT2D eigenvalue weighted by Crippen LogP contribution is -2.25. The fourth-order valence-corrected chi connectivity index (χ4v) is 1.60. The molecule has 1 aromatic heterocycles. The Balaban J connectivity index is 2.82. The highest BCUT2D eigenvalue weighted by atomic mass is 16.5. The van der Waals surface area contributed by atoms with Crippen molar-refractivity contribution in [1.29, 1.82) is 0 Å². The van der Waals surface area contributed by atoms with Crippen LogP contribution in [0.25, 0.3) is 0 Å². The van der Waals surface area contributed by atoms with E-state index in [1.807, 2.05) is 6.07 Å². The van der Waals surface area contributed by atoms with E-state index in [1.165, 1.54) is 0 Å². The van der Waals surface area contributed by atoms with Crippen molar-refractivity contribution in [3.8, 4) is 0 Å². The predicted molar refractivity (Wildman–Crippen MR) is 70.8 cm³/mol. The molecule has 1 aromatic rings. The fourth-order valence-electron chi connectivity index (χ4n) is 1.60. The minimum absolute atomic E-state index is 0.129. The molecule has 0 fully saturated rings. The average molecular weight is 251 g/mol. The van der Waals surface area contributed by atoms with Gasteiger partial charge in [-0.3, -0.25) is 0 Å². The van der Waals surface area contributed by atoms with Crippen molar-refractivity contribution < 1.29 is 9.53 Å². The Hall–Kier alpha value is -1.65. The zero-order valence-corrected chi connectivity index (χ0v) is 11.3. The van der Waals surface area contributed by atoms with Gasteiger partial charge in [-0.1, -0.05) is 13.3 Å². The highest BCUT2D eigenvalue weighted by molar-refractivity contribution is 5.85. The minimum atomic E-state index is -0.467. The van der Waals surface area contributed by atoms with Crippen LogP contribution in [0.3, 0.4) is 0 Å². The largest absolute Gasteiger partial charge is 0.460 e. The number of rotatable bonds is 7. The van der Waals surface area contributed by atoms with Gasteiger partial charge < -0.3 is 9.64 Å². The highest BCUT2D eigenvalue weighted by Gasteiger charge is 2.13. The van der Waals surface area contributed by atoms with Crippen LogP contribution in [0.15, 0.2) is 12.3 Å². The van der Waals surface area contributed by atoms with Crippen molar-refractivity contribution >= 4 is 11.8 Å². The molecule has 0 radical (unpaired) electrons. The molecule has 0 aliphatic carbocycles. The van der Waals surface area contributed by atoms with Gasteiger partial charge in [0.2, 0.25) is 5.82 Å². The van der Waals surface area contributed by atoms with Crippen LogP contribution >= 0.6 is 0 Å². The number of hydrogen-bond donors (Lipinski definition) is 0. The molecule has 100 valence electrons. The summed E-state index contributed by atoms with van der Waals surface area (Å²) in [6.45, 7) is 8.12. The van der Waals surface area contributed by atoms with E-state index in [4.69, 9.17) is 4.74 Å². The summed E-state index contributed by atoms with van der Waals surface area (Å²) < 4.78 is 4.89. The molecule has 0 aromatic carbocycles. The molecule has 0 atom stereocenters. The Morgan fingerprint density at radius 1 is 1.39 bits per heavy atom. The van der Waals surface area contributed by atoms with Gasteiger partial charge in [-0.15, -0.1) is 0 Å². The highest BCUT2D eigenvalue weighted by Crippen LogP contribution is 2.11. The normalized spacial score (nSPS) is 10.2. The molecule has 0 bridgehead atoms. The molecule has 0 N–H and O–H groups in total. The number of aromatic nitrogens is 2. The van der Waals surface area contributed by atoms with Crippen LogP contribution in [-0.2, 0) is 4.74 Å². The molecular weight excluding hydrogens is 230 g/mol. The molecule has 1 rings (SSSR count). The van der Waals surface area contributed by atoms with Crippen molar-refractivity contribution in [2.75, 3.05) is 24.6 Å². The van der Waals surface area contributed by atoms with Crippen LogP contribution in [0.4, 0.5) is 5.82 Å². The molecule has 5 heteroatoms. The molecule has 0 saturated heterocycles. The van der Waals surface area contributed by atoms with Gasteiger partial charge >= 0.3 is 5.97 Å². The molecule has 0 aliphatic heterocycles. The zero-order chi connectivity index (χ0) is 13.4. The number of esters is 1. The van der Waals surface area contributed by atoms with E-state index in [9.17, 15) is 4.79 Å². The van der Waals surface area contributed by atoms with Gasteiger partial charge in [0.25, 0.3) is 0 Å². The van der Waals surface area contributed by atoms with E-state index >= 15 is 0 Å². The van der Waals surface area contributed by atoms with Gasteiger partial charge in [0.15, 0.2) is 0 Å². The van der Waals surface area contributed by atoms with Crippen LogP contribution in [-0.4, -0.2) is 35.6 Å². The third-order valence-electron chi connectivity index (χ3n) is 2.59. The van der Waals surface area contributed by atoms with E-state index in [1.54, 1.807) is 13.1 Å². The molecule has 0 spiro atoms.